The number of esters is 1. The smallest absolute Gasteiger partial charge is 0.339 e. The minimum Gasteiger partial charge on any atom is -0.459 e. The maximum Gasteiger partial charge on any atom is 0.339 e. The Morgan fingerprint density at radius 3 is 2.21 bits per heavy atom. The molecule has 0 aliphatic carbocycles. The highest BCUT2D eigenvalue weighted by atomic mass is 35.5. The molecule has 2 heterocycles. The van der Waals surface area contributed by atoms with E-state index < -0.39 is 5.97 Å². The first-order valence-corrected chi connectivity index (χ1v) is 11.2. The van der Waals surface area contributed by atoms with Gasteiger partial charge in [-0.3, -0.25) is 9.59 Å². The second kappa shape index (κ2) is 10.9. The zero-order chi connectivity index (χ0) is 23.9. The van der Waals surface area contributed by atoms with Crippen molar-refractivity contribution in [2.45, 2.75) is 0 Å². The largest absolute Gasteiger partial charge is 0.459 e. The topological polar surface area (TPSA) is 80.1 Å². The maximum atomic E-state index is 12.9. The second-order valence-electron chi connectivity index (χ2n) is 7.70. The highest BCUT2D eigenvalue weighted by Crippen LogP contribution is 2.22. The quantitative estimate of drug-likeness (QED) is 0.304. The van der Waals surface area contributed by atoms with Crippen LogP contribution in [0, 0.1) is 0 Å². The first-order valence-electron chi connectivity index (χ1n) is 10.8. The normalized spacial score (nSPS) is 14.1. The first kappa shape index (κ1) is 23.3. The van der Waals surface area contributed by atoms with Gasteiger partial charge in [0.1, 0.15) is 0 Å². The van der Waals surface area contributed by atoms with Crippen LogP contribution in [-0.4, -0.2) is 60.4 Å². The Morgan fingerprint density at radius 2 is 1.56 bits per heavy atom. The zero-order valence-corrected chi connectivity index (χ0v) is 19.1. The minimum atomic E-state index is -0.605. The van der Waals surface area contributed by atoms with Crippen molar-refractivity contribution >= 4 is 41.0 Å². The summed E-state index contributed by atoms with van der Waals surface area (Å²) in [5, 5.41) is 0.552. The van der Waals surface area contributed by atoms with Crippen LogP contribution in [0.15, 0.2) is 77.4 Å². The van der Waals surface area contributed by atoms with E-state index in [9.17, 15) is 14.4 Å². The number of carbonyl (C=O) groups is 3. The summed E-state index contributed by atoms with van der Waals surface area (Å²) in [6.07, 6.45) is 3.17. The first-order chi connectivity index (χ1) is 16.5. The van der Waals surface area contributed by atoms with Gasteiger partial charge < -0.3 is 19.0 Å². The lowest BCUT2D eigenvalue weighted by atomic mass is 10.0. The third kappa shape index (κ3) is 5.74. The van der Waals surface area contributed by atoms with Crippen molar-refractivity contribution in [1.82, 2.24) is 9.80 Å². The lowest BCUT2D eigenvalue weighted by Crippen LogP contribution is -2.51. The molecule has 0 saturated carbocycles. The molecule has 3 aromatic rings. The lowest BCUT2D eigenvalue weighted by molar-refractivity contribution is -0.148. The summed E-state index contributed by atoms with van der Waals surface area (Å²) in [5.74, 6) is -0.851. The van der Waals surface area contributed by atoms with E-state index in [2.05, 4.69) is 0 Å². The summed E-state index contributed by atoms with van der Waals surface area (Å²) in [6, 6.07) is 19.5. The molecule has 174 valence electrons. The Balaban J connectivity index is 1.37. The molecule has 0 unspecified atom stereocenters. The Bertz CT molecular complexity index is 1170. The van der Waals surface area contributed by atoms with Crippen molar-refractivity contribution in [3.63, 3.8) is 0 Å². The fourth-order valence-electron chi connectivity index (χ4n) is 3.62. The zero-order valence-electron chi connectivity index (χ0n) is 18.4. The molecule has 4 rings (SSSR count). The summed E-state index contributed by atoms with van der Waals surface area (Å²) < 4.78 is 10.5. The molecule has 1 aromatic heterocycles. The van der Waals surface area contributed by atoms with E-state index in [1.165, 1.54) is 6.26 Å². The molecule has 0 radical (unpaired) electrons. The molecule has 0 bridgehead atoms. The fourth-order valence-corrected chi connectivity index (χ4v) is 3.74. The van der Waals surface area contributed by atoms with Crippen LogP contribution >= 0.6 is 11.6 Å². The monoisotopic (exact) mass is 478 g/mol. The lowest BCUT2D eigenvalue weighted by Gasteiger charge is -2.34. The fraction of sp³-hybridized carbons (Fsp3) is 0.192. The van der Waals surface area contributed by atoms with Crippen LogP contribution in [-0.2, 0) is 14.3 Å². The molecule has 2 amide bonds. The third-order valence-electron chi connectivity index (χ3n) is 5.46. The van der Waals surface area contributed by atoms with Crippen LogP contribution in [0.1, 0.15) is 21.7 Å². The third-order valence-corrected chi connectivity index (χ3v) is 5.72. The van der Waals surface area contributed by atoms with E-state index in [0.717, 1.165) is 5.56 Å². The number of piperazine rings is 1. The number of benzene rings is 2. The van der Waals surface area contributed by atoms with E-state index in [1.54, 1.807) is 52.3 Å². The van der Waals surface area contributed by atoms with Crippen LogP contribution in [0.2, 0.25) is 5.02 Å². The Kier molecular flexibility index (Phi) is 7.44. The number of carbonyl (C=O) groups excluding carboxylic acids is 3. The molecule has 0 N–H and O–H groups in total. The Hall–Kier alpha value is -3.84. The van der Waals surface area contributed by atoms with Gasteiger partial charge in [0.05, 0.1) is 11.8 Å². The van der Waals surface area contributed by atoms with Gasteiger partial charge in [-0.05, 0) is 41.5 Å². The summed E-state index contributed by atoms with van der Waals surface area (Å²) in [6.45, 7) is 1.08. The van der Waals surface area contributed by atoms with Crippen molar-refractivity contribution in [3.05, 3.63) is 94.9 Å². The molecule has 8 heteroatoms. The van der Waals surface area contributed by atoms with Crippen molar-refractivity contribution < 1.29 is 23.5 Å². The van der Waals surface area contributed by atoms with Crippen molar-refractivity contribution in [2.24, 2.45) is 0 Å². The van der Waals surface area contributed by atoms with Gasteiger partial charge in [-0.1, -0.05) is 54.1 Å². The van der Waals surface area contributed by atoms with Gasteiger partial charge in [-0.25, -0.2) is 4.79 Å². The summed E-state index contributed by atoms with van der Waals surface area (Å²) >= 11 is 5.99. The van der Waals surface area contributed by atoms with Gasteiger partial charge in [-0.15, -0.1) is 0 Å². The van der Waals surface area contributed by atoms with Crippen LogP contribution in [0.5, 0.6) is 0 Å². The van der Waals surface area contributed by atoms with E-state index >= 15 is 0 Å². The van der Waals surface area contributed by atoms with Crippen LogP contribution in [0.4, 0.5) is 0 Å². The Morgan fingerprint density at radius 1 is 0.882 bits per heavy atom. The van der Waals surface area contributed by atoms with E-state index in [4.69, 9.17) is 20.8 Å². The van der Waals surface area contributed by atoms with Gasteiger partial charge in [0.15, 0.2) is 12.4 Å². The molecule has 1 saturated heterocycles. The van der Waals surface area contributed by atoms with Crippen molar-refractivity contribution in [2.75, 3.05) is 32.8 Å². The SMILES string of the molecule is O=C(OCC(=O)N1CCN(C(=O)c2ccco2)CC1)/C(=C/c1ccccc1)c1ccc(Cl)cc1. The Labute approximate surface area is 202 Å². The summed E-state index contributed by atoms with van der Waals surface area (Å²) in [7, 11) is 0. The number of ether oxygens (including phenoxy) is 1. The van der Waals surface area contributed by atoms with E-state index in [0.29, 0.717) is 42.3 Å². The molecule has 2 aromatic carbocycles. The number of furan rings is 1. The van der Waals surface area contributed by atoms with Crippen LogP contribution < -0.4 is 0 Å². The summed E-state index contributed by atoms with van der Waals surface area (Å²) in [5.41, 5.74) is 1.79. The van der Waals surface area contributed by atoms with Crippen LogP contribution in [0.25, 0.3) is 11.6 Å². The molecule has 1 fully saturated rings. The maximum absolute atomic E-state index is 12.9. The standard InChI is InChI=1S/C26H23ClN2O5/c27-21-10-8-20(9-11-21)22(17-19-5-2-1-3-6-19)26(32)34-18-24(30)28-12-14-29(15-13-28)25(31)23-7-4-16-33-23/h1-11,16-17H,12-15,18H2/b22-17+. The summed E-state index contributed by atoms with van der Waals surface area (Å²) in [4.78, 5) is 41.2. The predicted octanol–water partition coefficient (Wildman–Crippen LogP) is 4.00. The van der Waals surface area contributed by atoms with Crippen molar-refractivity contribution in [1.29, 1.82) is 0 Å². The van der Waals surface area contributed by atoms with E-state index in [-0.39, 0.29) is 24.2 Å². The molecular weight excluding hydrogens is 456 g/mol. The van der Waals surface area contributed by atoms with E-state index in [1.807, 2.05) is 30.3 Å². The van der Waals surface area contributed by atoms with Crippen molar-refractivity contribution in [3.8, 4) is 0 Å². The van der Waals surface area contributed by atoms with Gasteiger partial charge in [0, 0.05) is 31.2 Å². The highest BCUT2D eigenvalue weighted by Gasteiger charge is 2.27. The molecule has 34 heavy (non-hydrogen) atoms. The number of nitrogens with zero attached hydrogens (tertiary/aromatic N) is 2. The molecule has 1 aliphatic heterocycles. The van der Waals surface area contributed by atoms with Gasteiger partial charge >= 0.3 is 5.97 Å². The number of halogens is 1. The number of hydrogen-bond donors (Lipinski definition) is 0. The van der Waals surface area contributed by atoms with Gasteiger partial charge in [0.2, 0.25) is 0 Å². The molecular formula is C26H23ClN2O5. The average Bonchev–Trinajstić information content (AvgIpc) is 3.42. The van der Waals surface area contributed by atoms with Gasteiger partial charge in [-0.2, -0.15) is 0 Å². The average molecular weight is 479 g/mol. The molecule has 0 atom stereocenters. The highest BCUT2D eigenvalue weighted by molar-refractivity contribution is 6.30. The number of amides is 2. The number of hydrogen-bond acceptors (Lipinski definition) is 5. The molecule has 0 spiro atoms. The minimum absolute atomic E-state index is 0.206. The molecule has 7 nitrogen and oxygen atoms in total. The second-order valence-corrected chi connectivity index (χ2v) is 8.14. The molecule has 1 aliphatic rings. The van der Waals surface area contributed by atoms with Crippen LogP contribution in [0.3, 0.4) is 0 Å². The number of rotatable bonds is 6. The predicted molar refractivity (Wildman–Crippen MR) is 128 cm³/mol. The van der Waals surface area contributed by atoms with Gasteiger partial charge in [0.25, 0.3) is 11.8 Å².